The average Bonchev–Trinajstić information content (AvgIpc) is 3.19. The number of nitrogens with zero attached hydrogens (tertiary/aromatic N) is 3. The number of pyridine rings is 1. The molecule has 1 amide bonds. The summed E-state index contributed by atoms with van der Waals surface area (Å²) in [6.45, 7) is 3.14. The van der Waals surface area contributed by atoms with Crippen LogP contribution in [0.25, 0.3) is 21.7 Å². The van der Waals surface area contributed by atoms with Gasteiger partial charge >= 0.3 is 0 Å². The van der Waals surface area contributed by atoms with Gasteiger partial charge in [0.25, 0.3) is 5.91 Å². The van der Waals surface area contributed by atoms with E-state index in [9.17, 15) is 4.79 Å². The number of carbonyl (C=O) groups is 1. The average molecular weight is 373 g/mol. The summed E-state index contributed by atoms with van der Waals surface area (Å²) in [5.41, 5.74) is 3.06. The van der Waals surface area contributed by atoms with Gasteiger partial charge in [-0.3, -0.25) is 14.9 Å². The zero-order valence-electron chi connectivity index (χ0n) is 15.2. The highest BCUT2D eigenvalue weighted by Crippen LogP contribution is 2.32. The summed E-state index contributed by atoms with van der Waals surface area (Å²) in [6.07, 6.45) is 3.57. The summed E-state index contributed by atoms with van der Waals surface area (Å²) in [5, 5.41) is 12.9. The van der Waals surface area contributed by atoms with Crippen LogP contribution in [-0.4, -0.2) is 47.4 Å². The van der Waals surface area contributed by atoms with Gasteiger partial charge in [-0.05, 0) is 24.3 Å². The third kappa shape index (κ3) is 2.86. The molecule has 4 aromatic rings. The molecule has 7 heteroatoms. The number of aromatic nitrogens is 3. The number of hydrogen-bond donors (Lipinski definition) is 2. The van der Waals surface area contributed by atoms with E-state index in [4.69, 9.17) is 4.74 Å². The predicted molar refractivity (Wildman–Crippen MR) is 109 cm³/mol. The fraction of sp³-hybridized carbons (Fsp3) is 0.190. The lowest BCUT2D eigenvalue weighted by molar-refractivity contribution is 0.102. The van der Waals surface area contributed by atoms with E-state index in [1.165, 1.54) is 0 Å². The molecule has 3 heterocycles. The van der Waals surface area contributed by atoms with Crippen molar-refractivity contribution >= 4 is 39.0 Å². The number of hydrogen-bond acceptors (Lipinski definition) is 5. The molecule has 1 saturated heterocycles. The maximum Gasteiger partial charge on any atom is 0.276 e. The van der Waals surface area contributed by atoms with Crippen molar-refractivity contribution in [1.82, 2.24) is 15.2 Å². The number of aromatic amines is 1. The third-order valence-corrected chi connectivity index (χ3v) is 5.08. The summed E-state index contributed by atoms with van der Waals surface area (Å²) < 4.78 is 5.47. The number of anilines is 2. The first-order valence-corrected chi connectivity index (χ1v) is 9.25. The Morgan fingerprint density at radius 1 is 1.04 bits per heavy atom. The zero-order chi connectivity index (χ0) is 18.9. The number of benzene rings is 2. The molecule has 0 spiro atoms. The quantitative estimate of drug-likeness (QED) is 0.576. The van der Waals surface area contributed by atoms with Crippen LogP contribution in [0.4, 0.5) is 11.4 Å². The van der Waals surface area contributed by atoms with Gasteiger partial charge in [-0.2, -0.15) is 5.10 Å². The first kappa shape index (κ1) is 16.7. The largest absolute Gasteiger partial charge is 0.378 e. The SMILES string of the molecule is O=C(Nc1ccc(N2CCOCC2)c2ccncc12)c1n[nH]c2ccccc12. The highest BCUT2D eigenvalue weighted by molar-refractivity contribution is 6.14. The second-order valence-corrected chi connectivity index (χ2v) is 6.72. The first-order valence-electron chi connectivity index (χ1n) is 9.25. The molecule has 2 aromatic heterocycles. The molecule has 2 N–H and O–H groups in total. The smallest absolute Gasteiger partial charge is 0.276 e. The van der Waals surface area contributed by atoms with Crippen LogP contribution in [-0.2, 0) is 4.74 Å². The molecule has 5 rings (SSSR count). The molecule has 0 unspecified atom stereocenters. The predicted octanol–water partition coefficient (Wildman–Crippen LogP) is 3.20. The summed E-state index contributed by atoms with van der Waals surface area (Å²) in [4.78, 5) is 19.4. The van der Waals surface area contributed by atoms with Gasteiger partial charge < -0.3 is 15.0 Å². The molecule has 0 radical (unpaired) electrons. The van der Waals surface area contributed by atoms with Crippen LogP contribution in [0, 0.1) is 0 Å². The molecule has 0 bridgehead atoms. The molecular weight excluding hydrogens is 354 g/mol. The monoisotopic (exact) mass is 373 g/mol. The number of carbonyl (C=O) groups excluding carboxylic acids is 1. The number of fused-ring (bicyclic) bond motifs is 2. The molecule has 7 nitrogen and oxygen atoms in total. The molecule has 0 aliphatic carbocycles. The van der Waals surface area contributed by atoms with Crippen LogP contribution in [0.2, 0.25) is 0 Å². The van der Waals surface area contributed by atoms with Crippen molar-refractivity contribution in [3.05, 3.63) is 60.6 Å². The van der Waals surface area contributed by atoms with E-state index >= 15 is 0 Å². The van der Waals surface area contributed by atoms with Crippen molar-refractivity contribution in [2.75, 3.05) is 36.5 Å². The number of nitrogens with one attached hydrogen (secondary N) is 2. The van der Waals surface area contributed by atoms with Gasteiger partial charge in [0, 0.05) is 47.3 Å². The maximum absolute atomic E-state index is 12.9. The van der Waals surface area contributed by atoms with E-state index in [2.05, 4.69) is 25.4 Å². The molecule has 1 fully saturated rings. The van der Waals surface area contributed by atoms with Gasteiger partial charge in [0.1, 0.15) is 0 Å². The van der Waals surface area contributed by atoms with Crippen LogP contribution >= 0.6 is 0 Å². The van der Waals surface area contributed by atoms with Gasteiger partial charge in [-0.15, -0.1) is 0 Å². The van der Waals surface area contributed by atoms with Crippen molar-refractivity contribution in [3.63, 3.8) is 0 Å². The molecular formula is C21H19N5O2. The number of morpholine rings is 1. The number of ether oxygens (including phenoxy) is 1. The van der Waals surface area contributed by atoms with Crippen LogP contribution in [0.3, 0.4) is 0 Å². The van der Waals surface area contributed by atoms with Gasteiger partial charge in [-0.1, -0.05) is 18.2 Å². The number of para-hydroxylation sites is 1. The number of amides is 1. The fourth-order valence-electron chi connectivity index (χ4n) is 3.68. The Balaban J connectivity index is 1.52. The van der Waals surface area contributed by atoms with Crippen molar-refractivity contribution in [2.24, 2.45) is 0 Å². The summed E-state index contributed by atoms with van der Waals surface area (Å²) in [5.74, 6) is -0.248. The third-order valence-electron chi connectivity index (χ3n) is 5.08. The highest BCUT2D eigenvalue weighted by atomic mass is 16.5. The van der Waals surface area contributed by atoms with Crippen LogP contribution < -0.4 is 10.2 Å². The summed E-state index contributed by atoms with van der Waals surface area (Å²) >= 11 is 0. The molecule has 1 aliphatic rings. The Kier molecular flexibility index (Phi) is 4.14. The van der Waals surface area contributed by atoms with E-state index in [0.717, 1.165) is 59.4 Å². The molecule has 140 valence electrons. The second kappa shape index (κ2) is 6.94. The van der Waals surface area contributed by atoms with Crippen LogP contribution in [0.15, 0.2) is 54.9 Å². The number of rotatable bonds is 3. The van der Waals surface area contributed by atoms with E-state index < -0.39 is 0 Å². The Hall–Kier alpha value is -3.45. The minimum Gasteiger partial charge on any atom is -0.378 e. The van der Waals surface area contributed by atoms with Crippen molar-refractivity contribution < 1.29 is 9.53 Å². The second-order valence-electron chi connectivity index (χ2n) is 6.72. The Bertz CT molecular complexity index is 1160. The molecule has 28 heavy (non-hydrogen) atoms. The van der Waals surface area contributed by atoms with Gasteiger partial charge in [0.05, 0.1) is 24.4 Å². The summed E-state index contributed by atoms with van der Waals surface area (Å²) in [6, 6.07) is 13.6. The Labute approximate surface area is 161 Å². The van der Waals surface area contributed by atoms with Crippen LogP contribution in [0.1, 0.15) is 10.5 Å². The number of H-pyrrole nitrogens is 1. The van der Waals surface area contributed by atoms with Gasteiger partial charge in [0.15, 0.2) is 5.69 Å². The molecule has 1 aliphatic heterocycles. The standard InChI is InChI=1S/C21H19N5O2/c27-21(20-15-3-1-2-4-18(15)24-25-20)23-17-5-6-19(26-9-11-28-12-10-26)14-7-8-22-13-16(14)17/h1-8,13H,9-12H2,(H,23,27)(H,24,25). The zero-order valence-corrected chi connectivity index (χ0v) is 15.2. The molecule has 0 atom stereocenters. The normalized spacial score (nSPS) is 14.5. The minimum atomic E-state index is -0.248. The van der Waals surface area contributed by atoms with Crippen molar-refractivity contribution in [1.29, 1.82) is 0 Å². The Morgan fingerprint density at radius 3 is 2.79 bits per heavy atom. The fourth-order valence-corrected chi connectivity index (χ4v) is 3.68. The lowest BCUT2D eigenvalue weighted by Gasteiger charge is -2.30. The first-order chi connectivity index (χ1) is 13.8. The maximum atomic E-state index is 12.9. The van der Waals surface area contributed by atoms with Crippen molar-refractivity contribution in [3.8, 4) is 0 Å². The Morgan fingerprint density at radius 2 is 1.89 bits per heavy atom. The minimum absolute atomic E-state index is 0.248. The van der Waals surface area contributed by atoms with E-state index in [-0.39, 0.29) is 5.91 Å². The van der Waals surface area contributed by atoms with Crippen molar-refractivity contribution in [2.45, 2.75) is 0 Å². The summed E-state index contributed by atoms with van der Waals surface area (Å²) in [7, 11) is 0. The lowest BCUT2D eigenvalue weighted by atomic mass is 10.1. The van der Waals surface area contributed by atoms with E-state index in [0.29, 0.717) is 5.69 Å². The topological polar surface area (TPSA) is 83.1 Å². The highest BCUT2D eigenvalue weighted by Gasteiger charge is 2.18. The van der Waals surface area contributed by atoms with Crippen LogP contribution in [0.5, 0.6) is 0 Å². The lowest BCUT2D eigenvalue weighted by Crippen LogP contribution is -2.36. The van der Waals surface area contributed by atoms with Gasteiger partial charge in [0.2, 0.25) is 0 Å². The molecule has 0 saturated carbocycles. The molecule has 2 aromatic carbocycles. The van der Waals surface area contributed by atoms with Gasteiger partial charge in [-0.25, -0.2) is 0 Å². The van der Waals surface area contributed by atoms with E-state index in [1.54, 1.807) is 12.4 Å². The van der Waals surface area contributed by atoms with E-state index in [1.807, 2.05) is 42.5 Å².